The van der Waals surface area contributed by atoms with Crippen molar-refractivity contribution >= 4 is 0 Å². The lowest BCUT2D eigenvalue weighted by Gasteiger charge is -2.19. The smallest absolute Gasteiger partial charge is 0.0593 e. The van der Waals surface area contributed by atoms with Crippen LogP contribution in [-0.2, 0) is 4.74 Å². The Morgan fingerprint density at radius 2 is 1.73 bits per heavy atom. The molecule has 92 valence electrons. The predicted octanol–water partition coefficient (Wildman–Crippen LogP) is 1.86. The van der Waals surface area contributed by atoms with Crippen molar-refractivity contribution in [3.8, 4) is 0 Å². The summed E-state index contributed by atoms with van der Waals surface area (Å²) in [5, 5.41) is 0. The van der Waals surface area contributed by atoms with E-state index < -0.39 is 0 Å². The van der Waals surface area contributed by atoms with Crippen LogP contribution in [0, 0.1) is 0 Å². The molecule has 0 aromatic rings. The van der Waals surface area contributed by atoms with Crippen molar-refractivity contribution in [2.75, 3.05) is 39.4 Å². The van der Waals surface area contributed by atoms with Gasteiger partial charge in [0.1, 0.15) is 0 Å². The Kier molecular flexibility index (Phi) is 11.9. The van der Waals surface area contributed by atoms with Crippen LogP contribution in [0.2, 0.25) is 0 Å². The third-order valence-corrected chi connectivity index (χ3v) is 2.63. The summed E-state index contributed by atoms with van der Waals surface area (Å²) >= 11 is 0. The normalized spacial score (nSPS) is 11.2. The molecule has 0 bridgehead atoms. The van der Waals surface area contributed by atoms with Gasteiger partial charge in [0.25, 0.3) is 0 Å². The molecule has 0 aromatic heterocycles. The van der Waals surface area contributed by atoms with Crippen molar-refractivity contribution in [3.05, 3.63) is 0 Å². The molecule has 3 nitrogen and oxygen atoms in total. The molecular formula is C12H28N2O. The van der Waals surface area contributed by atoms with E-state index >= 15 is 0 Å². The summed E-state index contributed by atoms with van der Waals surface area (Å²) in [6.45, 7) is 10.2. The first-order chi connectivity index (χ1) is 7.35. The second-order valence-electron chi connectivity index (χ2n) is 3.83. The molecule has 3 heteroatoms. The maximum absolute atomic E-state index is 5.45. The monoisotopic (exact) mass is 216 g/mol. The first-order valence-electron chi connectivity index (χ1n) is 6.35. The zero-order valence-electron chi connectivity index (χ0n) is 10.5. The van der Waals surface area contributed by atoms with E-state index in [1.165, 1.54) is 32.2 Å². The van der Waals surface area contributed by atoms with E-state index in [1.807, 2.05) is 6.92 Å². The lowest BCUT2D eigenvalue weighted by Crippen LogP contribution is -2.28. The molecule has 0 aliphatic heterocycles. The Morgan fingerprint density at radius 3 is 2.33 bits per heavy atom. The Balaban J connectivity index is 3.28. The van der Waals surface area contributed by atoms with E-state index in [4.69, 9.17) is 10.5 Å². The van der Waals surface area contributed by atoms with E-state index in [0.29, 0.717) is 0 Å². The first kappa shape index (κ1) is 14.9. The molecule has 0 saturated carbocycles. The summed E-state index contributed by atoms with van der Waals surface area (Å²) in [6.07, 6.45) is 5.05. The van der Waals surface area contributed by atoms with Crippen molar-refractivity contribution in [2.24, 2.45) is 5.73 Å². The maximum Gasteiger partial charge on any atom is 0.0593 e. The molecular weight excluding hydrogens is 188 g/mol. The number of rotatable bonds is 11. The van der Waals surface area contributed by atoms with Gasteiger partial charge in [-0.1, -0.05) is 19.8 Å². The Morgan fingerprint density at radius 1 is 1.00 bits per heavy atom. The van der Waals surface area contributed by atoms with Crippen molar-refractivity contribution in [1.82, 2.24) is 4.90 Å². The van der Waals surface area contributed by atoms with Gasteiger partial charge in [-0.15, -0.1) is 0 Å². The van der Waals surface area contributed by atoms with E-state index in [-0.39, 0.29) is 0 Å². The van der Waals surface area contributed by atoms with Crippen molar-refractivity contribution in [3.63, 3.8) is 0 Å². The summed E-state index contributed by atoms with van der Waals surface area (Å²) in [5.74, 6) is 0. The number of nitrogens with two attached hydrogens (primary N) is 1. The molecule has 0 radical (unpaired) electrons. The van der Waals surface area contributed by atoms with Gasteiger partial charge in [-0.3, -0.25) is 0 Å². The minimum atomic E-state index is 0.827. The Labute approximate surface area is 95.0 Å². The molecule has 0 spiro atoms. The minimum absolute atomic E-state index is 0.827. The van der Waals surface area contributed by atoms with Crippen LogP contribution < -0.4 is 5.73 Å². The summed E-state index contributed by atoms with van der Waals surface area (Å²) in [4.78, 5) is 2.46. The fourth-order valence-corrected chi connectivity index (χ4v) is 1.60. The quantitative estimate of drug-likeness (QED) is 0.536. The van der Waals surface area contributed by atoms with Gasteiger partial charge in [0.15, 0.2) is 0 Å². The highest BCUT2D eigenvalue weighted by molar-refractivity contribution is 4.55. The second-order valence-corrected chi connectivity index (χ2v) is 3.83. The Bertz CT molecular complexity index is 120. The molecule has 0 unspecified atom stereocenters. The van der Waals surface area contributed by atoms with E-state index in [9.17, 15) is 0 Å². The second kappa shape index (κ2) is 12.0. The molecule has 0 amide bonds. The van der Waals surface area contributed by atoms with Crippen LogP contribution in [0.5, 0.6) is 0 Å². The molecule has 2 N–H and O–H groups in total. The molecule has 15 heavy (non-hydrogen) atoms. The summed E-state index contributed by atoms with van der Waals surface area (Å²) in [7, 11) is 0. The average molecular weight is 216 g/mol. The van der Waals surface area contributed by atoms with Gasteiger partial charge in [0.05, 0.1) is 6.61 Å². The first-order valence-corrected chi connectivity index (χ1v) is 6.35. The molecule has 0 saturated heterocycles. The topological polar surface area (TPSA) is 38.5 Å². The van der Waals surface area contributed by atoms with Crippen LogP contribution in [0.3, 0.4) is 0 Å². The van der Waals surface area contributed by atoms with Gasteiger partial charge in [-0.25, -0.2) is 0 Å². The van der Waals surface area contributed by atoms with Gasteiger partial charge >= 0.3 is 0 Å². The Hall–Kier alpha value is -0.120. The van der Waals surface area contributed by atoms with E-state index in [2.05, 4.69) is 11.8 Å². The van der Waals surface area contributed by atoms with Crippen molar-refractivity contribution < 1.29 is 4.74 Å². The van der Waals surface area contributed by atoms with Crippen LogP contribution in [0.4, 0.5) is 0 Å². The molecule has 0 atom stereocenters. The van der Waals surface area contributed by atoms with E-state index in [1.54, 1.807) is 0 Å². The van der Waals surface area contributed by atoms with Gasteiger partial charge in [-0.2, -0.15) is 0 Å². The maximum atomic E-state index is 5.45. The molecule has 0 aliphatic rings. The van der Waals surface area contributed by atoms with E-state index in [0.717, 1.165) is 32.8 Å². The number of likely N-dealkylation sites (N-methyl/N-ethyl adjacent to an activating group) is 1. The molecule has 0 rings (SSSR count). The van der Waals surface area contributed by atoms with Crippen LogP contribution in [0.25, 0.3) is 0 Å². The molecule has 0 aromatic carbocycles. The highest BCUT2D eigenvalue weighted by Gasteiger charge is 2.01. The predicted molar refractivity (Wildman–Crippen MR) is 66.1 cm³/mol. The van der Waals surface area contributed by atoms with Gasteiger partial charge in [0, 0.05) is 13.2 Å². The summed E-state index contributed by atoms with van der Waals surface area (Å²) < 4.78 is 5.35. The number of nitrogens with zero attached hydrogens (tertiary/aromatic N) is 1. The average Bonchev–Trinajstić information content (AvgIpc) is 2.26. The number of hydrogen-bond acceptors (Lipinski definition) is 3. The van der Waals surface area contributed by atoms with Gasteiger partial charge < -0.3 is 15.4 Å². The van der Waals surface area contributed by atoms with Crippen molar-refractivity contribution in [1.29, 1.82) is 0 Å². The van der Waals surface area contributed by atoms with Crippen molar-refractivity contribution in [2.45, 2.75) is 39.5 Å². The minimum Gasteiger partial charge on any atom is -0.380 e. The summed E-state index contributed by atoms with van der Waals surface area (Å²) in [6, 6.07) is 0. The fraction of sp³-hybridized carbons (Fsp3) is 1.00. The van der Waals surface area contributed by atoms with Gasteiger partial charge in [-0.05, 0) is 39.4 Å². The SMILES string of the molecule is CCOCCN(CC)CCCCCCN. The molecule has 0 aliphatic carbocycles. The van der Waals surface area contributed by atoms with Crippen LogP contribution in [0.1, 0.15) is 39.5 Å². The standard InChI is InChI=1S/C12H28N2O/c1-3-14(11-12-15-4-2)10-8-6-5-7-9-13/h3-13H2,1-2H3. The molecule has 0 fully saturated rings. The highest BCUT2D eigenvalue weighted by atomic mass is 16.5. The van der Waals surface area contributed by atoms with Gasteiger partial charge in [0.2, 0.25) is 0 Å². The fourth-order valence-electron chi connectivity index (χ4n) is 1.60. The third kappa shape index (κ3) is 10.2. The van der Waals surface area contributed by atoms with Crippen LogP contribution in [0.15, 0.2) is 0 Å². The molecule has 0 heterocycles. The lowest BCUT2D eigenvalue weighted by atomic mass is 10.2. The number of hydrogen-bond donors (Lipinski definition) is 1. The zero-order valence-corrected chi connectivity index (χ0v) is 10.5. The number of ether oxygens (including phenoxy) is 1. The van der Waals surface area contributed by atoms with Crippen LogP contribution in [-0.4, -0.2) is 44.3 Å². The zero-order chi connectivity index (χ0) is 11.4. The number of unbranched alkanes of at least 4 members (excludes halogenated alkanes) is 3. The lowest BCUT2D eigenvalue weighted by molar-refractivity contribution is 0.114. The third-order valence-electron chi connectivity index (χ3n) is 2.63. The largest absolute Gasteiger partial charge is 0.380 e. The highest BCUT2D eigenvalue weighted by Crippen LogP contribution is 2.01. The summed E-state index contributed by atoms with van der Waals surface area (Å²) in [5.41, 5.74) is 5.45. The van der Waals surface area contributed by atoms with Crippen LogP contribution >= 0.6 is 0 Å².